The van der Waals surface area contributed by atoms with Crippen LogP contribution in [0.15, 0.2) is 48.5 Å². The van der Waals surface area contributed by atoms with Crippen LogP contribution in [0.2, 0.25) is 5.02 Å². The van der Waals surface area contributed by atoms with Crippen molar-refractivity contribution < 1.29 is 18.7 Å². The zero-order valence-corrected chi connectivity index (χ0v) is 13.6. The molecular formula is C18H15ClFNO3. The van der Waals surface area contributed by atoms with Crippen molar-refractivity contribution in [2.24, 2.45) is 0 Å². The molecule has 0 heterocycles. The van der Waals surface area contributed by atoms with Crippen molar-refractivity contribution in [1.82, 2.24) is 0 Å². The Labute approximate surface area is 143 Å². The van der Waals surface area contributed by atoms with Crippen molar-refractivity contribution in [3.8, 4) is 0 Å². The van der Waals surface area contributed by atoms with E-state index in [0.29, 0.717) is 10.7 Å². The number of hydrogen-bond acceptors (Lipinski definition) is 3. The highest BCUT2D eigenvalue weighted by Gasteiger charge is 2.06. The lowest BCUT2D eigenvalue weighted by Gasteiger charge is -2.05. The molecule has 0 atom stereocenters. The van der Waals surface area contributed by atoms with Crippen molar-refractivity contribution in [2.75, 3.05) is 11.9 Å². The highest BCUT2D eigenvalue weighted by atomic mass is 35.5. The molecule has 0 saturated carbocycles. The van der Waals surface area contributed by atoms with Crippen molar-refractivity contribution in [1.29, 1.82) is 0 Å². The summed E-state index contributed by atoms with van der Waals surface area (Å²) < 4.78 is 17.6. The number of carbonyl (C=O) groups excluding carboxylic acids is 2. The molecular weight excluding hydrogens is 333 g/mol. The predicted octanol–water partition coefficient (Wildman–Crippen LogP) is 3.98. The number of esters is 1. The Morgan fingerprint density at radius 2 is 1.92 bits per heavy atom. The van der Waals surface area contributed by atoms with E-state index >= 15 is 0 Å². The smallest absolute Gasteiger partial charge is 0.331 e. The average Bonchev–Trinajstić information content (AvgIpc) is 2.56. The molecule has 2 aromatic rings. The Balaban J connectivity index is 1.81. The van der Waals surface area contributed by atoms with Gasteiger partial charge in [0.15, 0.2) is 6.61 Å². The molecule has 2 aromatic carbocycles. The third-order valence-electron chi connectivity index (χ3n) is 3.08. The first-order valence-corrected chi connectivity index (χ1v) is 7.48. The van der Waals surface area contributed by atoms with E-state index in [1.165, 1.54) is 30.3 Å². The van der Waals surface area contributed by atoms with E-state index in [2.05, 4.69) is 5.32 Å². The highest BCUT2D eigenvalue weighted by Crippen LogP contribution is 2.17. The third kappa shape index (κ3) is 5.52. The van der Waals surface area contributed by atoms with Crippen LogP contribution < -0.4 is 5.32 Å². The monoisotopic (exact) mass is 347 g/mol. The van der Waals surface area contributed by atoms with Crippen LogP contribution in [-0.2, 0) is 14.3 Å². The van der Waals surface area contributed by atoms with Crippen LogP contribution >= 0.6 is 11.6 Å². The topological polar surface area (TPSA) is 55.4 Å². The van der Waals surface area contributed by atoms with Gasteiger partial charge in [-0.05, 0) is 54.5 Å². The second-order valence-electron chi connectivity index (χ2n) is 5.00. The molecule has 0 bridgehead atoms. The number of amides is 1. The number of hydrogen-bond donors (Lipinski definition) is 1. The molecule has 1 amide bonds. The first-order valence-electron chi connectivity index (χ1n) is 7.10. The third-order valence-corrected chi connectivity index (χ3v) is 3.49. The van der Waals surface area contributed by atoms with Gasteiger partial charge in [0.1, 0.15) is 5.82 Å². The van der Waals surface area contributed by atoms with Gasteiger partial charge in [-0.25, -0.2) is 9.18 Å². The van der Waals surface area contributed by atoms with Gasteiger partial charge in [-0.15, -0.1) is 0 Å². The van der Waals surface area contributed by atoms with Crippen molar-refractivity contribution in [3.05, 3.63) is 70.5 Å². The maximum Gasteiger partial charge on any atom is 0.331 e. The minimum atomic E-state index is -0.652. The van der Waals surface area contributed by atoms with E-state index in [-0.39, 0.29) is 0 Å². The summed E-state index contributed by atoms with van der Waals surface area (Å²) in [7, 11) is 0. The van der Waals surface area contributed by atoms with Crippen LogP contribution in [-0.4, -0.2) is 18.5 Å². The van der Waals surface area contributed by atoms with E-state index in [1.54, 1.807) is 12.1 Å². The van der Waals surface area contributed by atoms with E-state index in [4.69, 9.17) is 16.3 Å². The molecule has 0 saturated heterocycles. The van der Waals surface area contributed by atoms with Gasteiger partial charge in [0.05, 0.1) is 0 Å². The Kier molecular flexibility index (Phi) is 6.09. The molecule has 0 aliphatic rings. The first-order chi connectivity index (χ1) is 11.4. The molecule has 0 aliphatic heterocycles. The summed E-state index contributed by atoms with van der Waals surface area (Å²) in [5.74, 6) is -1.57. The second-order valence-corrected chi connectivity index (χ2v) is 5.41. The van der Waals surface area contributed by atoms with E-state index < -0.39 is 24.3 Å². The van der Waals surface area contributed by atoms with Gasteiger partial charge < -0.3 is 10.1 Å². The largest absolute Gasteiger partial charge is 0.452 e. The van der Waals surface area contributed by atoms with Crippen molar-refractivity contribution in [2.45, 2.75) is 6.92 Å². The molecule has 24 heavy (non-hydrogen) atoms. The predicted molar refractivity (Wildman–Crippen MR) is 91.2 cm³/mol. The summed E-state index contributed by atoms with van der Waals surface area (Å²) in [6, 6.07) is 10.6. The molecule has 124 valence electrons. The number of nitrogens with one attached hydrogen (secondary N) is 1. The minimum Gasteiger partial charge on any atom is -0.452 e. The van der Waals surface area contributed by atoms with Gasteiger partial charge in [-0.2, -0.15) is 0 Å². The Hall–Kier alpha value is -2.66. The minimum absolute atomic E-state index is 0.402. The van der Waals surface area contributed by atoms with Crippen LogP contribution in [0.1, 0.15) is 11.1 Å². The van der Waals surface area contributed by atoms with Gasteiger partial charge in [-0.1, -0.05) is 23.7 Å². The fourth-order valence-electron chi connectivity index (χ4n) is 1.79. The SMILES string of the molecule is Cc1ccc(/C=C/C(=O)OCC(=O)Nc2ccc(F)cc2)cc1Cl. The fraction of sp³-hybridized carbons (Fsp3) is 0.111. The molecule has 0 spiro atoms. The fourth-order valence-corrected chi connectivity index (χ4v) is 1.98. The lowest BCUT2D eigenvalue weighted by Crippen LogP contribution is -2.20. The number of aryl methyl sites for hydroxylation is 1. The van der Waals surface area contributed by atoms with Gasteiger partial charge >= 0.3 is 5.97 Å². The molecule has 4 nitrogen and oxygen atoms in total. The Bertz CT molecular complexity index is 772. The zero-order valence-electron chi connectivity index (χ0n) is 12.9. The van der Waals surface area contributed by atoms with Crippen LogP contribution in [0.25, 0.3) is 6.08 Å². The van der Waals surface area contributed by atoms with Crippen LogP contribution in [0.3, 0.4) is 0 Å². The number of ether oxygens (including phenoxy) is 1. The average molecular weight is 348 g/mol. The Morgan fingerprint density at radius 3 is 2.58 bits per heavy atom. The highest BCUT2D eigenvalue weighted by molar-refractivity contribution is 6.31. The second kappa shape index (κ2) is 8.26. The normalized spacial score (nSPS) is 10.6. The van der Waals surface area contributed by atoms with Gasteiger partial charge in [0.25, 0.3) is 5.91 Å². The van der Waals surface area contributed by atoms with Crippen molar-refractivity contribution >= 4 is 35.2 Å². The van der Waals surface area contributed by atoms with Gasteiger partial charge in [-0.3, -0.25) is 4.79 Å². The quantitative estimate of drug-likeness (QED) is 0.657. The lowest BCUT2D eigenvalue weighted by molar-refractivity contribution is -0.142. The number of benzene rings is 2. The number of halogens is 2. The van der Waals surface area contributed by atoms with Crippen LogP contribution in [0.5, 0.6) is 0 Å². The summed E-state index contributed by atoms with van der Waals surface area (Å²) in [6.45, 7) is 1.44. The maximum atomic E-state index is 12.8. The van der Waals surface area contributed by atoms with Crippen LogP contribution in [0, 0.1) is 12.7 Å². The number of anilines is 1. The molecule has 1 N–H and O–H groups in total. The zero-order chi connectivity index (χ0) is 17.5. The molecule has 0 radical (unpaired) electrons. The van der Waals surface area contributed by atoms with Crippen LogP contribution in [0.4, 0.5) is 10.1 Å². The maximum absolute atomic E-state index is 12.8. The number of carbonyl (C=O) groups is 2. The summed E-state index contributed by atoms with van der Waals surface area (Å²) in [5, 5.41) is 3.09. The molecule has 6 heteroatoms. The first kappa shape index (κ1) is 17.7. The molecule has 2 rings (SSSR count). The van der Waals surface area contributed by atoms with E-state index in [9.17, 15) is 14.0 Å². The molecule has 0 unspecified atom stereocenters. The van der Waals surface area contributed by atoms with E-state index in [1.807, 2.05) is 19.1 Å². The summed E-state index contributed by atoms with van der Waals surface area (Å²) in [6.07, 6.45) is 2.76. The Morgan fingerprint density at radius 1 is 1.21 bits per heavy atom. The summed E-state index contributed by atoms with van der Waals surface area (Å²) >= 11 is 5.99. The summed E-state index contributed by atoms with van der Waals surface area (Å²) in [4.78, 5) is 23.2. The van der Waals surface area contributed by atoms with Crippen molar-refractivity contribution in [3.63, 3.8) is 0 Å². The molecule has 0 aromatic heterocycles. The van der Waals surface area contributed by atoms with Gasteiger partial charge in [0.2, 0.25) is 0 Å². The summed E-state index contributed by atoms with van der Waals surface area (Å²) in [5.41, 5.74) is 2.11. The molecule has 0 fully saturated rings. The molecule has 0 aliphatic carbocycles. The van der Waals surface area contributed by atoms with Gasteiger partial charge in [0, 0.05) is 16.8 Å². The lowest BCUT2D eigenvalue weighted by atomic mass is 10.1. The van der Waals surface area contributed by atoms with E-state index in [0.717, 1.165) is 11.1 Å². The number of rotatable bonds is 5. The standard InChI is InChI=1S/C18H15ClFNO3/c1-12-2-3-13(10-16(12)19)4-9-18(23)24-11-17(22)21-15-7-5-14(20)6-8-15/h2-10H,11H2,1H3,(H,21,22)/b9-4+.